The second-order valence-electron chi connectivity index (χ2n) is 4.19. The van der Waals surface area contributed by atoms with Gasteiger partial charge in [0.25, 0.3) is 0 Å². The standard InChI is InChI=1S/C13H22N2O3S/c1-18-11-10-14-8-9-15-19(16,17)12-7-13-5-3-2-4-6-13/h2-6,14-15H,7-12H2,1H3. The van der Waals surface area contributed by atoms with Crippen LogP contribution < -0.4 is 10.0 Å². The molecular formula is C13H22N2O3S. The van der Waals surface area contributed by atoms with Gasteiger partial charge < -0.3 is 10.1 Å². The van der Waals surface area contributed by atoms with E-state index >= 15 is 0 Å². The van der Waals surface area contributed by atoms with Crippen LogP contribution in [-0.4, -0.2) is 47.5 Å². The highest BCUT2D eigenvalue weighted by molar-refractivity contribution is 7.89. The van der Waals surface area contributed by atoms with Crippen molar-refractivity contribution in [2.45, 2.75) is 6.42 Å². The number of benzene rings is 1. The molecule has 0 aliphatic carbocycles. The van der Waals surface area contributed by atoms with Gasteiger partial charge in [0.15, 0.2) is 0 Å². The smallest absolute Gasteiger partial charge is 0.211 e. The van der Waals surface area contributed by atoms with Crippen molar-refractivity contribution in [2.24, 2.45) is 0 Å². The molecule has 1 aromatic rings. The molecule has 0 aliphatic rings. The van der Waals surface area contributed by atoms with E-state index in [2.05, 4.69) is 10.0 Å². The van der Waals surface area contributed by atoms with E-state index in [1.54, 1.807) is 7.11 Å². The zero-order valence-corrected chi connectivity index (χ0v) is 12.1. The molecule has 0 saturated heterocycles. The summed E-state index contributed by atoms with van der Waals surface area (Å²) in [4.78, 5) is 0. The number of aryl methyl sites for hydroxylation is 1. The van der Waals surface area contributed by atoms with Gasteiger partial charge >= 0.3 is 0 Å². The number of rotatable bonds is 10. The molecule has 0 amide bonds. The Labute approximate surface area is 115 Å². The Bertz CT molecular complexity index is 434. The van der Waals surface area contributed by atoms with Gasteiger partial charge in [-0.25, -0.2) is 13.1 Å². The predicted molar refractivity (Wildman–Crippen MR) is 76.7 cm³/mol. The third kappa shape index (κ3) is 7.94. The van der Waals surface area contributed by atoms with Crippen molar-refractivity contribution in [3.8, 4) is 0 Å². The van der Waals surface area contributed by atoms with Crippen molar-refractivity contribution in [1.82, 2.24) is 10.0 Å². The summed E-state index contributed by atoms with van der Waals surface area (Å²) < 4.78 is 30.9. The summed E-state index contributed by atoms with van der Waals surface area (Å²) in [6.07, 6.45) is 0.535. The van der Waals surface area contributed by atoms with Crippen LogP contribution in [0.1, 0.15) is 5.56 Å². The van der Waals surface area contributed by atoms with Crippen LogP contribution in [0.2, 0.25) is 0 Å². The van der Waals surface area contributed by atoms with Crippen molar-refractivity contribution < 1.29 is 13.2 Å². The van der Waals surface area contributed by atoms with Gasteiger partial charge in [0.05, 0.1) is 12.4 Å². The molecule has 0 fully saturated rings. The molecule has 0 atom stereocenters. The summed E-state index contributed by atoms with van der Waals surface area (Å²) in [5, 5.41) is 3.08. The van der Waals surface area contributed by atoms with Gasteiger partial charge in [0, 0.05) is 26.7 Å². The molecule has 1 rings (SSSR count). The lowest BCUT2D eigenvalue weighted by molar-refractivity contribution is 0.199. The third-order valence-electron chi connectivity index (χ3n) is 2.61. The average molecular weight is 286 g/mol. The third-order valence-corrected chi connectivity index (χ3v) is 3.99. The molecule has 108 valence electrons. The maximum absolute atomic E-state index is 11.7. The highest BCUT2D eigenvalue weighted by Crippen LogP contribution is 2.01. The number of hydrogen-bond donors (Lipinski definition) is 2. The Balaban J connectivity index is 2.17. The molecule has 0 aromatic heterocycles. The first kappa shape index (κ1) is 16.1. The zero-order valence-electron chi connectivity index (χ0n) is 11.3. The number of nitrogens with one attached hydrogen (secondary N) is 2. The average Bonchev–Trinajstić information content (AvgIpc) is 2.42. The molecule has 1 aromatic carbocycles. The van der Waals surface area contributed by atoms with Crippen molar-refractivity contribution in [3.05, 3.63) is 35.9 Å². The maximum Gasteiger partial charge on any atom is 0.211 e. The van der Waals surface area contributed by atoms with E-state index in [0.29, 0.717) is 26.1 Å². The first-order valence-electron chi connectivity index (χ1n) is 6.35. The van der Waals surface area contributed by atoms with Gasteiger partial charge in [-0.05, 0) is 12.0 Å². The van der Waals surface area contributed by atoms with Crippen LogP contribution in [0.4, 0.5) is 0 Å². The summed E-state index contributed by atoms with van der Waals surface area (Å²) in [5.74, 6) is 0.120. The molecule has 19 heavy (non-hydrogen) atoms. The lowest BCUT2D eigenvalue weighted by Gasteiger charge is -2.07. The highest BCUT2D eigenvalue weighted by Gasteiger charge is 2.09. The molecule has 0 saturated carbocycles. The van der Waals surface area contributed by atoms with Crippen LogP contribution in [0, 0.1) is 0 Å². The second-order valence-corrected chi connectivity index (χ2v) is 6.12. The van der Waals surface area contributed by atoms with Crippen LogP contribution in [0.15, 0.2) is 30.3 Å². The first-order chi connectivity index (χ1) is 9.14. The van der Waals surface area contributed by atoms with E-state index in [0.717, 1.165) is 12.1 Å². The Morgan fingerprint density at radius 2 is 1.84 bits per heavy atom. The monoisotopic (exact) mass is 286 g/mol. The molecule has 0 aliphatic heterocycles. The minimum absolute atomic E-state index is 0.120. The molecule has 0 radical (unpaired) electrons. The summed E-state index contributed by atoms with van der Waals surface area (Å²) in [6, 6.07) is 9.61. The number of sulfonamides is 1. The number of ether oxygens (including phenoxy) is 1. The molecular weight excluding hydrogens is 264 g/mol. The van der Waals surface area contributed by atoms with Crippen molar-refractivity contribution in [3.63, 3.8) is 0 Å². The minimum Gasteiger partial charge on any atom is -0.383 e. The van der Waals surface area contributed by atoms with E-state index in [-0.39, 0.29) is 5.75 Å². The predicted octanol–water partition coefficient (Wildman–Crippen LogP) is 0.385. The molecule has 0 unspecified atom stereocenters. The largest absolute Gasteiger partial charge is 0.383 e. The Morgan fingerprint density at radius 1 is 1.11 bits per heavy atom. The molecule has 0 bridgehead atoms. The lowest BCUT2D eigenvalue weighted by Crippen LogP contribution is -2.34. The summed E-state index contributed by atoms with van der Waals surface area (Å²) in [5.41, 5.74) is 1.03. The van der Waals surface area contributed by atoms with Crippen LogP contribution in [0.25, 0.3) is 0 Å². The van der Waals surface area contributed by atoms with Gasteiger partial charge in [-0.1, -0.05) is 30.3 Å². The Hall–Kier alpha value is -0.950. The van der Waals surface area contributed by atoms with E-state index in [1.807, 2.05) is 30.3 Å². The molecule has 2 N–H and O–H groups in total. The Morgan fingerprint density at radius 3 is 2.53 bits per heavy atom. The van der Waals surface area contributed by atoms with Gasteiger partial charge in [-0.3, -0.25) is 0 Å². The highest BCUT2D eigenvalue weighted by atomic mass is 32.2. The topological polar surface area (TPSA) is 67.4 Å². The van der Waals surface area contributed by atoms with E-state index in [1.165, 1.54) is 0 Å². The van der Waals surface area contributed by atoms with Gasteiger partial charge in [-0.15, -0.1) is 0 Å². The summed E-state index contributed by atoms with van der Waals surface area (Å²) >= 11 is 0. The molecule has 0 heterocycles. The number of methoxy groups -OCH3 is 1. The van der Waals surface area contributed by atoms with E-state index in [9.17, 15) is 8.42 Å². The van der Waals surface area contributed by atoms with Gasteiger partial charge in [0.2, 0.25) is 10.0 Å². The Kier molecular flexibility index (Phi) is 7.66. The maximum atomic E-state index is 11.7. The molecule has 5 nitrogen and oxygen atoms in total. The van der Waals surface area contributed by atoms with Crippen LogP contribution in [0.3, 0.4) is 0 Å². The lowest BCUT2D eigenvalue weighted by atomic mass is 10.2. The second kappa shape index (κ2) is 9.03. The first-order valence-corrected chi connectivity index (χ1v) is 8.00. The molecule has 6 heteroatoms. The SMILES string of the molecule is COCCNCCNS(=O)(=O)CCc1ccccc1. The van der Waals surface area contributed by atoms with E-state index in [4.69, 9.17) is 4.74 Å². The van der Waals surface area contributed by atoms with E-state index < -0.39 is 10.0 Å². The van der Waals surface area contributed by atoms with Crippen LogP contribution in [-0.2, 0) is 21.2 Å². The van der Waals surface area contributed by atoms with Gasteiger partial charge in [-0.2, -0.15) is 0 Å². The van der Waals surface area contributed by atoms with Gasteiger partial charge in [0.1, 0.15) is 0 Å². The normalized spacial score (nSPS) is 11.6. The molecule has 0 spiro atoms. The number of hydrogen-bond acceptors (Lipinski definition) is 4. The fraction of sp³-hybridized carbons (Fsp3) is 0.538. The van der Waals surface area contributed by atoms with Crippen LogP contribution in [0.5, 0.6) is 0 Å². The summed E-state index contributed by atoms with van der Waals surface area (Å²) in [7, 11) is -1.56. The van der Waals surface area contributed by atoms with Crippen molar-refractivity contribution in [2.75, 3.05) is 39.1 Å². The quantitative estimate of drug-likeness (QED) is 0.610. The zero-order chi connectivity index (χ0) is 14.0. The minimum atomic E-state index is -3.19. The fourth-order valence-corrected chi connectivity index (χ4v) is 2.63. The van der Waals surface area contributed by atoms with Crippen LogP contribution >= 0.6 is 0 Å². The summed E-state index contributed by atoms with van der Waals surface area (Å²) in [6.45, 7) is 2.36. The van der Waals surface area contributed by atoms with Crippen molar-refractivity contribution >= 4 is 10.0 Å². The van der Waals surface area contributed by atoms with Crippen molar-refractivity contribution in [1.29, 1.82) is 0 Å². The fourth-order valence-electron chi connectivity index (χ4n) is 1.56.